The van der Waals surface area contributed by atoms with Gasteiger partial charge in [-0.05, 0) is 72.3 Å². The van der Waals surface area contributed by atoms with E-state index in [2.05, 4.69) is 10.5 Å². The zero-order valence-corrected chi connectivity index (χ0v) is 16.8. The number of hydrogen-bond donors (Lipinski definition) is 1. The topological polar surface area (TPSA) is 91.6 Å². The van der Waals surface area contributed by atoms with Gasteiger partial charge < -0.3 is 4.74 Å². The lowest BCUT2D eigenvalue weighted by Crippen LogP contribution is -2.17. The molecule has 0 spiro atoms. The molecule has 0 saturated heterocycles. The van der Waals surface area contributed by atoms with Gasteiger partial charge in [-0.15, -0.1) is 0 Å². The van der Waals surface area contributed by atoms with Gasteiger partial charge in [0.1, 0.15) is 5.75 Å². The fraction of sp³-hybridized carbons (Fsp3) is 0. The smallest absolute Gasteiger partial charge is 0.345 e. The molecule has 0 aliphatic heterocycles. The fourth-order valence-corrected chi connectivity index (χ4v) is 2.85. The number of amides is 1. The Kier molecular flexibility index (Phi) is 6.81. The predicted molar refractivity (Wildman–Crippen MR) is 114 cm³/mol. The Labute approximate surface area is 182 Å². The maximum Gasteiger partial charge on any atom is 0.345 e. The van der Waals surface area contributed by atoms with Gasteiger partial charge in [-0.25, -0.2) is 10.2 Å². The molecule has 0 heterocycles. The lowest BCUT2D eigenvalue weighted by atomic mass is 10.1. The molecule has 3 aromatic carbocycles. The van der Waals surface area contributed by atoms with E-state index in [1.807, 2.05) is 6.07 Å². The number of hydrazone groups is 1. The molecular formula is C22H13Cl2N3O3. The highest BCUT2D eigenvalue weighted by atomic mass is 35.5. The van der Waals surface area contributed by atoms with Gasteiger partial charge in [0.05, 0.1) is 28.4 Å². The molecule has 148 valence electrons. The number of carbonyl (C=O) groups is 2. The highest BCUT2D eigenvalue weighted by Crippen LogP contribution is 2.23. The van der Waals surface area contributed by atoms with Crippen molar-refractivity contribution in [1.29, 1.82) is 5.26 Å². The van der Waals surface area contributed by atoms with Gasteiger partial charge in [0.25, 0.3) is 5.91 Å². The molecule has 0 unspecified atom stereocenters. The molecule has 0 bridgehead atoms. The van der Waals surface area contributed by atoms with Crippen molar-refractivity contribution in [2.24, 2.45) is 5.10 Å². The maximum absolute atomic E-state index is 12.2. The SMILES string of the molecule is N#Cc1ccc(C(=O)N/N=C\c2ccc(OC(=O)c3ccc(Cl)cc3Cl)cc2)cc1. The number of nitrogens with one attached hydrogen (secondary N) is 1. The summed E-state index contributed by atoms with van der Waals surface area (Å²) >= 11 is 11.8. The monoisotopic (exact) mass is 437 g/mol. The first-order chi connectivity index (χ1) is 14.5. The molecule has 0 saturated carbocycles. The number of carbonyl (C=O) groups excluding carboxylic acids is 2. The molecule has 0 radical (unpaired) electrons. The Balaban J connectivity index is 1.57. The molecule has 1 N–H and O–H groups in total. The quantitative estimate of drug-likeness (QED) is 0.267. The minimum Gasteiger partial charge on any atom is -0.423 e. The van der Waals surface area contributed by atoms with Crippen LogP contribution in [0.3, 0.4) is 0 Å². The third-order valence-electron chi connectivity index (χ3n) is 3.90. The minimum absolute atomic E-state index is 0.203. The Morgan fingerprint density at radius 1 is 1.00 bits per heavy atom. The van der Waals surface area contributed by atoms with Crippen LogP contribution in [0, 0.1) is 11.3 Å². The maximum atomic E-state index is 12.2. The summed E-state index contributed by atoms with van der Waals surface area (Å²) in [6, 6.07) is 19.2. The molecule has 6 nitrogen and oxygen atoms in total. The van der Waals surface area contributed by atoms with E-state index < -0.39 is 11.9 Å². The summed E-state index contributed by atoms with van der Waals surface area (Å²) in [5.74, 6) is -0.682. The van der Waals surface area contributed by atoms with Crippen LogP contribution in [-0.4, -0.2) is 18.1 Å². The molecular weight excluding hydrogens is 425 g/mol. The lowest BCUT2D eigenvalue weighted by Gasteiger charge is -2.06. The molecule has 0 aliphatic rings. The average Bonchev–Trinajstić information content (AvgIpc) is 2.75. The average molecular weight is 438 g/mol. The van der Waals surface area contributed by atoms with Gasteiger partial charge in [0.2, 0.25) is 0 Å². The van der Waals surface area contributed by atoms with Crippen molar-refractivity contribution < 1.29 is 14.3 Å². The first-order valence-corrected chi connectivity index (χ1v) is 9.33. The van der Waals surface area contributed by atoms with E-state index in [1.54, 1.807) is 54.6 Å². The van der Waals surface area contributed by atoms with Crippen LogP contribution in [0.4, 0.5) is 0 Å². The van der Waals surface area contributed by atoms with Crippen LogP contribution < -0.4 is 10.2 Å². The van der Waals surface area contributed by atoms with Crippen LogP contribution in [-0.2, 0) is 0 Å². The van der Waals surface area contributed by atoms with E-state index in [0.29, 0.717) is 27.5 Å². The standard InChI is InChI=1S/C22H13Cl2N3O3/c23-17-7-10-19(20(24)11-17)22(29)30-18-8-3-15(4-9-18)13-26-27-21(28)16-5-1-14(12-25)2-6-16/h1-11,13H,(H,27,28)/b26-13-. The molecule has 3 rings (SSSR count). The zero-order chi connectivity index (χ0) is 21.5. The van der Waals surface area contributed by atoms with Gasteiger partial charge in [-0.2, -0.15) is 10.4 Å². The fourth-order valence-electron chi connectivity index (χ4n) is 2.37. The summed E-state index contributed by atoms with van der Waals surface area (Å²) in [6.07, 6.45) is 1.45. The van der Waals surface area contributed by atoms with E-state index in [9.17, 15) is 9.59 Å². The van der Waals surface area contributed by atoms with Crippen molar-refractivity contribution in [1.82, 2.24) is 5.43 Å². The molecule has 3 aromatic rings. The van der Waals surface area contributed by atoms with E-state index in [4.69, 9.17) is 33.2 Å². The Bertz CT molecular complexity index is 1150. The summed E-state index contributed by atoms with van der Waals surface area (Å²) < 4.78 is 5.29. The molecule has 30 heavy (non-hydrogen) atoms. The van der Waals surface area contributed by atoms with Crippen LogP contribution in [0.25, 0.3) is 0 Å². The molecule has 0 aromatic heterocycles. The third-order valence-corrected chi connectivity index (χ3v) is 4.45. The molecule has 8 heteroatoms. The number of nitrogens with zero attached hydrogens (tertiary/aromatic N) is 2. The third kappa shape index (κ3) is 5.45. The van der Waals surface area contributed by atoms with Gasteiger partial charge in [0, 0.05) is 10.6 Å². The molecule has 0 fully saturated rings. The van der Waals surface area contributed by atoms with E-state index >= 15 is 0 Å². The van der Waals surface area contributed by atoms with Gasteiger partial charge in [0.15, 0.2) is 0 Å². The van der Waals surface area contributed by atoms with Crippen molar-refractivity contribution in [2.45, 2.75) is 0 Å². The highest BCUT2D eigenvalue weighted by Gasteiger charge is 2.13. The normalized spacial score (nSPS) is 10.4. The van der Waals surface area contributed by atoms with Crippen molar-refractivity contribution in [3.63, 3.8) is 0 Å². The van der Waals surface area contributed by atoms with Crippen molar-refractivity contribution in [2.75, 3.05) is 0 Å². The number of halogens is 2. The minimum atomic E-state index is -0.604. The number of benzene rings is 3. The van der Waals surface area contributed by atoms with Crippen LogP contribution in [0.5, 0.6) is 5.75 Å². The summed E-state index contributed by atoms with van der Waals surface area (Å²) in [7, 11) is 0. The second-order valence-corrected chi connectivity index (χ2v) is 6.81. The molecule has 0 atom stereocenters. The predicted octanol–water partition coefficient (Wildman–Crippen LogP) is 4.85. The van der Waals surface area contributed by atoms with Crippen LogP contribution in [0.1, 0.15) is 31.8 Å². The second kappa shape index (κ2) is 9.70. The first kappa shape index (κ1) is 21.1. The van der Waals surface area contributed by atoms with Crippen molar-refractivity contribution in [3.8, 4) is 11.8 Å². The van der Waals surface area contributed by atoms with Crippen LogP contribution >= 0.6 is 23.2 Å². The van der Waals surface area contributed by atoms with E-state index in [0.717, 1.165) is 0 Å². The van der Waals surface area contributed by atoms with Crippen LogP contribution in [0.2, 0.25) is 10.0 Å². The Morgan fingerprint density at radius 3 is 2.33 bits per heavy atom. The van der Waals surface area contributed by atoms with E-state index in [-0.39, 0.29) is 10.6 Å². The first-order valence-electron chi connectivity index (χ1n) is 8.57. The summed E-state index contributed by atoms with van der Waals surface area (Å²) in [5, 5.41) is 13.3. The zero-order valence-electron chi connectivity index (χ0n) is 15.3. The van der Waals surface area contributed by atoms with Crippen molar-refractivity contribution >= 4 is 41.3 Å². The lowest BCUT2D eigenvalue weighted by molar-refractivity contribution is 0.0734. The number of ether oxygens (including phenoxy) is 1. The van der Waals surface area contributed by atoms with E-state index in [1.165, 1.54) is 18.3 Å². The molecule has 0 aliphatic carbocycles. The number of esters is 1. The number of hydrogen-bond acceptors (Lipinski definition) is 5. The second-order valence-electron chi connectivity index (χ2n) is 5.97. The summed E-state index contributed by atoms with van der Waals surface area (Å²) in [5.41, 5.74) is 4.14. The summed E-state index contributed by atoms with van der Waals surface area (Å²) in [6.45, 7) is 0. The molecule has 1 amide bonds. The Hall–Kier alpha value is -3.66. The van der Waals surface area contributed by atoms with Crippen LogP contribution in [0.15, 0.2) is 71.8 Å². The number of nitriles is 1. The van der Waals surface area contributed by atoms with Gasteiger partial charge in [-0.3, -0.25) is 4.79 Å². The summed E-state index contributed by atoms with van der Waals surface area (Å²) in [4.78, 5) is 24.2. The Morgan fingerprint density at radius 2 is 1.70 bits per heavy atom. The van der Waals surface area contributed by atoms with Gasteiger partial charge in [-0.1, -0.05) is 23.2 Å². The largest absolute Gasteiger partial charge is 0.423 e. The number of rotatable bonds is 5. The highest BCUT2D eigenvalue weighted by molar-refractivity contribution is 6.36. The van der Waals surface area contributed by atoms with Gasteiger partial charge >= 0.3 is 5.97 Å². The van der Waals surface area contributed by atoms with Crippen molar-refractivity contribution in [3.05, 3.63) is 99.0 Å².